The molecule has 1 aromatic carbocycles. The molecule has 6 heteroatoms. The van der Waals surface area contributed by atoms with E-state index in [-0.39, 0.29) is 5.91 Å². The van der Waals surface area contributed by atoms with Crippen LogP contribution in [0.3, 0.4) is 0 Å². The number of carbonyl (C=O) groups is 1. The van der Waals surface area contributed by atoms with Crippen molar-refractivity contribution < 1.29 is 14.3 Å². The first-order valence-corrected chi connectivity index (χ1v) is 6.38. The third kappa shape index (κ3) is 3.53. The van der Waals surface area contributed by atoms with Gasteiger partial charge in [-0.25, -0.2) is 0 Å². The van der Waals surface area contributed by atoms with Crippen LogP contribution in [-0.4, -0.2) is 24.5 Å². The van der Waals surface area contributed by atoms with Gasteiger partial charge in [-0.3, -0.25) is 4.79 Å². The molecule has 1 aromatic rings. The van der Waals surface area contributed by atoms with Crippen molar-refractivity contribution in [3.8, 4) is 11.5 Å². The average molecular weight is 337 g/mol. The molecule has 0 fully saturated rings. The molecule has 0 aromatic heterocycles. The maximum atomic E-state index is 11.9. The van der Waals surface area contributed by atoms with Gasteiger partial charge in [-0.1, -0.05) is 27.5 Å². The largest absolute Gasteiger partial charge is 0.495 e. The van der Waals surface area contributed by atoms with Gasteiger partial charge in [0.1, 0.15) is 11.5 Å². The lowest BCUT2D eigenvalue weighted by molar-refractivity contribution is -0.117. The smallest absolute Gasteiger partial charge is 0.240 e. The van der Waals surface area contributed by atoms with E-state index in [9.17, 15) is 4.79 Å². The number of amides is 1. The van der Waals surface area contributed by atoms with Crippen molar-refractivity contribution in [2.75, 3.05) is 19.5 Å². The topological polar surface area (TPSA) is 47.6 Å². The Bertz CT molecular complexity index is 457. The van der Waals surface area contributed by atoms with Crippen molar-refractivity contribution >= 4 is 39.1 Å². The van der Waals surface area contributed by atoms with E-state index >= 15 is 0 Å². The lowest BCUT2D eigenvalue weighted by atomic mass is 10.2. The van der Waals surface area contributed by atoms with Crippen LogP contribution < -0.4 is 14.8 Å². The Kier molecular flexibility index (Phi) is 4.87. The predicted molar refractivity (Wildman–Crippen MR) is 76.2 cm³/mol. The second-order valence-corrected chi connectivity index (χ2v) is 6.50. The molecule has 100 valence electrons. The molecule has 0 spiro atoms. The van der Waals surface area contributed by atoms with E-state index in [4.69, 9.17) is 21.1 Å². The Morgan fingerprint density at radius 1 is 1.28 bits per heavy atom. The van der Waals surface area contributed by atoms with Crippen molar-refractivity contribution in [1.29, 1.82) is 0 Å². The summed E-state index contributed by atoms with van der Waals surface area (Å²) in [4.78, 5) is 11.9. The minimum absolute atomic E-state index is 0.193. The highest BCUT2D eigenvalue weighted by molar-refractivity contribution is 9.10. The number of carbonyl (C=O) groups excluding carboxylic acids is 1. The Morgan fingerprint density at radius 2 is 1.83 bits per heavy atom. The number of ether oxygens (including phenoxy) is 2. The highest BCUT2D eigenvalue weighted by Crippen LogP contribution is 2.36. The lowest BCUT2D eigenvalue weighted by Gasteiger charge is -2.18. The number of hydrogen-bond acceptors (Lipinski definition) is 3. The Morgan fingerprint density at radius 3 is 2.28 bits per heavy atom. The van der Waals surface area contributed by atoms with Gasteiger partial charge in [0.15, 0.2) is 0 Å². The Labute approximate surface area is 120 Å². The number of alkyl halides is 1. The van der Waals surface area contributed by atoms with E-state index in [1.54, 1.807) is 26.0 Å². The molecule has 0 aliphatic heterocycles. The maximum Gasteiger partial charge on any atom is 0.240 e. The summed E-state index contributed by atoms with van der Waals surface area (Å²) in [5.74, 6) is 0.785. The van der Waals surface area contributed by atoms with Crippen LogP contribution in [0.1, 0.15) is 13.8 Å². The first-order chi connectivity index (χ1) is 8.29. The van der Waals surface area contributed by atoms with Crippen LogP contribution in [0, 0.1) is 0 Å². The van der Waals surface area contributed by atoms with Crippen molar-refractivity contribution in [1.82, 2.24) is 0 Å². The number of nitrogens with one attached hydrogen (secondary N) is 1. The molecule has 0 unspecified atom stereocenters. The first-order valence-electron chi connectivity index (χ1n) is 5.21. The van der Waals surface area contributed by atoms with Gasteiger partial charge in [0.05, 0.1) is 29.3 Å². The highest BCUT2D eigenvalue weighted by Gasteiger charge is 2.25. The van der Waals surface area contributed by atoms with Crippen molar-refractivity contribution in [2.45, 2.75) is 18.2 Å². The molecular formula is C12H15BrClNO3. The summed E-state index contributed by atoms with van der Waals surface area (Å²) in [5, 5.41) is 3.15. The van der Waals surface area contributed by atoms with E-state index in [1.165, 1.54) is 14.2 Å². The van der Waals surface area contributed by atoms with Crippen LogP contribution in [0.2, 0.25) is 5.02 Å². The third-order valence-electron chi connectivity index (χ3n) is 2.26. The summed E-state index contributed by atoms with van der Waals surface area (Å²) in [6.45, 7) is 3.50. The van der Waals surface area contributed by atoms with Gasteiger partial charge in [-0.2, -0.15) is 0 Å². The maximum absolute atomic E-state index is 11.9. The van der Waals surface area contributed by atoms with Crippen molar-refractivity contribution in [3.63, 3.8) is 0 Å². The van der Waals surface area contributed by atoms with Gasteiger partial charge in [0, 0.05) is 6.07 Å². The molecule has 0 atom stereocenters. The number of methoxy groups -OCH3 is 2. The second kappa shape index (κ2) is 5.80. The van der Waals surface area contributed by atoms with Crippen LogP contribution in [0.4, 0.5) is 5.69 Å². The number of halogens is 2. The zero-order chi connectivity index (χ0) is 13.9. The van der Waals surface area contributed by atoms with Crippen LogP contribution in [0.5, 0.6) is 11.5 Å². The molecule has 0 bridgehead atoms. The molecule has 18 heavy (non-hydrogen) atoms. The molecule has 0 saturated carbocycles. The van der Waals surface area contributed by atoms with Gasteiger partial charge in [0.2, 0.25) is 5.91 Å². The van der Waals surface area contributed by atoms with Crippen LogP contribution in [-0.2, 0) is 4.79 Å². The van der Waals surface area contributed by atoms with E-state index in [1.807, 2.05) is 0 Å². The standard InChI is InChI=1S/C12H15BrClNO3/c1-12(2,13)11(16)15-8-5-7(14)9(17-3)6-10(8)18-4/h5-6H,1-4H3,(H,15,16). The zero-order valence-electron chi connectivity index (χ0n) is 10.6. The molecule has 0 heterocycles. The quantitative estimate of drug-likeness (QED) is 0.857. The van der Waals surface area contributed by atoms with Crippen LogP contribution in [0.25, 0.3) is 0 Å². The SMILES string of the molecule is COc1cc(OC)c(NC(=O)C(C)(C)Br)cc1Cl. The molecule has 4 nitrogen and oxygen atoms in total. The fraction of sp³-hybridized carbons (Fsp3) is 0.417. The van der Waals surface area contributed by atoms with E-state index < -0.39 is 4.32 Å². The Hall–Kier alpha value is -0.940. The normalized spacial score (nSPS) is 11.0. The molecule has 1 amide bonds. The molecule has 1 N–H and O–H groups in total. The fourth-order valence-electron chi connectivity index (χ4n) is 1.23. The summed E-state index contributed by atoms with van der Waals surface area (Å²) < 4.78 is 9.59. The summed E-state index contributed by atoms with van der Waals surface area (Å²) in [6.07, 6.45) is 0. The molecule has 0 aliphatic rings. The summed E-state index contributed by atoms with van der Waals surface area (Å²) in [7, 11) is 3.03. The van der Waals surface area contributed by atoms with Crippen LogP contribution in [0.15, 0.2) is 12.1 Å². The molecule has 1 rings (SSSR count). The minimum Gasteiger partial charge on any atom is -0.495 e. The highest BCUT2D eigenvalue weighted by atomic mass is 79.9. The molecular weight excluding hydrogens is 321 g/mol. The fourth-order valence-corrected chi connectivity index (χ4v) is 1.57. The third-order valence-corrected chi connectivity index (χ3v) is 2.92. The molecule has 0 aliphatic carbocycles. The zero-order valence-corrected chi connectivity index (χ0v) is 13.0. The first kappa shape index (κ1) is 15.1. The average Bonchev–Trinajstić information content (AvgIpc) is 2.28. The van der Waals surface area contributed by atoms with Gasteiger partial charge in [-0.15, -0.1) is 0 Å². The summed E-state index contributed by atoms with van der Waals surface area (Å²) in [6, 6.07) is 3.22. The minimum atomic E-state index is -0.676. The van der Waals surface area contributed by atoms with E-state index in [0.717, 1.165) is 0 Å². The molecule has 0 radical (unpaired) electrons. The van der Waals surface area contributed by atoms with E-state index in [2.05, 4.69) is 21.2 Å². The van der Waals surface area contributed by atoms with Crippen LogP contribution >= 0.6 is 27.5 Å². The number of rotatable bonds is 4. The monoisotopic (exact) mass is 335 g/mol. The van der Waals surface area contributed by atoms with Crippen molar-refractivity contribution in [3.05, 3.63) is 17.2 Å². The summed E-state index contributed by atoms with van der Waals surface area (Å²) in [5.41, 5.74) is 0.501. The van der Waals surface area contributed by atoms with Gasteiger partial charge >= 0.3 is 0 Å². The van der Waals surface area contributed by atoms with Gasteiger partial charge < -0.3 is 14.8 Å². The van der Waals surface area contributed by atoms with Gasteiger partial charge in [0.25, 0.3) is 0 Å². The number of benzene rings is 1. The summed E-state index contributed by atoms with van der Waals surface area (Å²) >= 11 is 9.30. The number of hydrogen-bond donors (Lipinski definition) is 1. The lowest BCUT2D eigenvalue weighted by Crippen LogP contribution is -2.31. The van der Waals surface area contributed by atoms with Crippen molar-refractivity contribution in [2.24, 2.45) is 0 Å². The predicted octanol–water partition coefficient (Wildman–Crippen LogP) is 3.47. The molecule has 0 saturated heterocycles. The Balaban J connectivity index is 3.09. The van der Waals surface area contributed by atoms with Gasteiger partial charge in [-0.05, 0) is 19.9 Å². The number of anilines is 1. The van der Waals surface area contributed by atoms with E-state index in [0.29, 0.717) is 22.2 Å². The second-order valence-electron chi connectivity index (χ2n) is 4.11.